The maximum Gasteiger partial charge on any atom is 0.404 e. The molecule has 0 saturated heterocycles. The molecule has 16 heavy (non-hydrogen) atoms. The van der Waals surface area contributed by atoms with Crippen LogP contribution in [0.3, 0.4) is 0 Å². The van der Waals surface area contributed by atoms with Gasteiger partial charge in [0.15, 0.2) is 5.78 Å². The van der Waals surface area contributed by atoms with Crippen molar-refractivity contribution in [1.29, 1.82) is 0 Å². The van der Waals surface area contributed by atoms with E-state index in [2.05, 4.69) is 0 Å². The molecule has 0 radical (unpaired) electrons. The van der Waals surface area contributed by atoms with E-state index in [1.54, 1.807) is 12.1 Å². The van der Waals surface area contributed by atoms with Crippen molar-refractivity contribution >= 4 is 5.78 Å². The molecule has 1 aromatic rings. The molecule has 88 valence electrons. The molecular formula is C11H12F3NO. The van der Waals surface area contributed by atoms with Gasteiger partial charge in [0.05, 0.1) is 0 Å². The van der Waals surface area contributed by atoms with Gasteiger partial charge < -0.3 is 5.73 Å². The van der Waals surface area contributed by atoms with Gasteiger partial charge in [0.1, 0.15) is 6.04 Å². The van der Waals surface area contributed by atoms with Gasteiger partial charge in [-0.05, 0) is 6.92 Å². The lowest BCUT2D eigenvalue weighted by molar-refractivity contribution is -0.146. The number of aryl methyl sites for hydroxylation is 1. The molecule has 0 saturated carbocycles. The van der Waals surface area contributed by atoms with Gasteiger partial charge in [-0.1, -0.05) is 29.8 Å². The molecule has 1 atom stereocenters. The third kappa shape index (κ3) is 3.34. The maximum atomic E-state index is 12.1. The number of Topliss-reactive ketones (excluding diaryl/α,β-unsaturated/α-hetero) is 1. The number of hydrogen-bond acceptors (Lipinski definition) is 2. The molecule has 0 amide bonds. The van der Waals surface area contributed by atoms with Crippen LogP contribution in [0.1, 0.15) is 22.3 Å². The highest BCUT2D eigenvalue weighted by atomic mass is 19.4. The normalized spacial score (nSPS) is 13.6. The lowest BCUT2D eigenvalue weighted by Crippen LogP contribution is -2.39. The van der Waals surface area contributed by atoms with Crippen molar-refractivity contribution in [3.8, 4) is 0 Å². The summed E-state index contributed by atoms with van der Waals surface area (Å²) in [6.07, 6.45) is -5.24. The topological polar surface area (TPSA) is 43.1 Å². The zero-order valence-corrected chi connectivity index (χ0v) is 8.71. The summed E-state index contributed by atoms with van der Waals surface area (Å²) in [5.74, 6) is -0.593. The highest BCUT2D eigenvalue weighted by Gasteiger charge is 2.37. The first-order valence-electron chi connectivity index (χ1n) is 4.73. The fraction of sp³-hybridized carbons (Fsp3) is 0.364. The molecule has 1 unspecified atom stereocenters. The van der Waals surface area contributed by atoms with Gasteiger partial charge in [-0.2, -0.15) is 13.2 Å². The summed E-state index contributed by atoms with van der Waals surface area (Å²) in [5.41, 5.74) is 6.07. The van der Waals surface area contributed by atoms with Gasteiger partial charge in [0.25, 0.3) is 0 Å². The van der Waals surface area contributed by atoms with E-state index in [1.165, 1.54) is 12.1 Å². The second-order valence-electron chi connectivity index (χ2n) is 3.64. The minimum absolute atomic E-state index is 0.255. The molecule has 0 aliphatic rings. The summed E-state index contributed by atoms with van der Waals surface area (Å²) >= 11 is 0. The van der Waals surface area contributed by atoms with Crippen LogP contribution in [0.4, 0.5) is 13.2 Å². The van der Waals surface area contributed by atoms with Crippen LogP contribution in [0.5, 0.6) is 0 Å². The monoisotopic (exact) mass is 231 g/mol. The number of carbonyl (C=O) groups excluding carboxylic acids is 1. The number of nitrogens with two attached hydrogens (primary N) is 1. The predicted molar refractivity (Wildman–Crippen MR) is 54.2 cm³/mol. The first-order chi connectivity index (χ1) is 7.30. The molecule has 0 aliphatic heterocycles. The van der Waals surface area contributed by atoms with Crippen LogP contribution >= 0.6 is 0 Å². The zero-order valence-electron chi connectivity index (χ0n) is 8.71. The number of alkyl halides is 3. The van der Waals surface area contributed by atoms with Gasteiger partial charge in [-0.3, -0.25) is 4.79 Å². The van der Waals surface area contributed by atoms with Gasteiger partial charge in [-0.25, -0.2) is 0 Å². The van der Waals surface area contributed by atoms with E-state index in [9.17, 15) is 18.0 Å². The summed E-state index contributed by atoms with van der Waals surface area (Å²) in [6.45, 7) is 1.83. The molecule has 0 fully saturated rings. The fourth-order valence-electron chi connectivity index (χ4n) is 1.17. The second kappa shape index (κ2) is 4.65. The number of carbonyl (C=O) groups is 1. The molecule has 0 aliphatic carbocycles. The Hall–Kier alpha value is -1.36. The van der Waals surface area contributed by atoms with E-state index >= 15 is 0 Å². The minimum atomic E-state index is -4.53. The van der Waals surface area contributed by atoms with Crippen LogP contribution in [-0.4, -0.2) is 18.0 Å². The van der Waals surface area contributed by atoms with E-state index < -0.39 is 24.4 Å². The Morgan fingerprint density at radius 2 is 1.81 bits per heavy atom. The van der Waals surface area contributed by atoms with Crippen LogP contribution in [0.25, 0.3) is 0 Å². The molecular weight excluding hydrogens is 219 g/mol. The number of halogens is 3. The summed E-state index contributed by atoms with van der Waals surface area (Å²) < 4.78 is 36.3. The molecule has 1 aromatic carbocycles. The molecule has 1 rings (SSSR count). The van der Waals surface area contributed by atoms with E-state index in [4.69, 9.17) is 5.73 Å². The number of hydrogen-bond donors (Lipinski definition) is 1. The van der Waals surface area contributed by atoms with E-state index in [1.807, 2.05) is 6.92 Å². The molecule has 0 bridgehead atoms. The molecule has 0 heterocycles. The number of rotatable bonds is 3. The van der Waals surface area contributed by atoms with Crippen molar-refractivity contribution in [3.05, 3.63) is 35.4 Å². The summed E-state index contributed by atoms with van der Waals surface area (Å²) in [5, 5.41) is 0. The van der Waals surface area contributed by atoms with Crippen molar-refractivity contribution < 1.29 is 18.0 Å². The van der Waals surface area contributed by atoms with Crippen LogP contribution in [0.2, 0.25) is 0 Å². The summed E-state index contributed by atoms with van der Waals surface area (Å²) in [7, 11) is 0. The first-order valence-corrected chi connectivity index (χ1v) is 4.73. The third-order valence-electron chi connectivity index (χ3n) is 2.20. The van der Waals surface area contributed by atoms with Gasteiger partial charge in [0.2, 0.25) is 0 Å². The van der Waals surface area contributed by atoms with E-state index in [0.717, 1.165) is 5.56 Å². The standard InChI is InChI=1S/C11H12F3NO/c1-7-2-4-8(5-3-7)9(16)6-10(15)11(12,13)14/h2-5,10H,6,15H2,1H3. The van der Waals surface area contributed by atoms with Crippen LogP contribution in [-0.2, 0) is 0 Å². The summed E-state index contributed by atoms with van der Waals surface area (Å²) in [6, 6.07) is 4.25. The molecule has 5 heteroatoms. The van der Waals surface area contributed by atoms with Gasteiger partial charge >= 0.3 is 6.18 Å². The van der Waals surface area contributed by atoms with Gasteiger partial charge in [0, 0.05) is 12.0 Å². The number of ketones is 1. The Balaban J connectivity index is 2.70. The van der Waals surface area contributed by atoms with Crippen LogP contribution < -0.4 is 5.73 Å². The highest BCUT2D eigenvalue weighted by molar-refractivity contribution is 5.96. The van der Waals surface area contributed by atoms with Crippen LogP contribution in [0.15, 0.2) is 24.3 Å². The summed E-state index contributed by atoms with van der Waals surface area (Å²) in [4.78, 5) is 11.4. The maximum absolute atomic E-state index is 12.1. The van der Waals surface area contributed by atoms with Crippen molar-refractivity contribution in [2.75, 3.05) is 0 Å². The third-order valence-corrected chi connectivity index (χ3v) is 2.20. The Labute approximate surface area is 91.3 Å². The largest absolute Gasteiger partial charge is 0.404 e. The van der Waals surface area contributed by atoms with Gasteiger partial charge in [-0.15, -0.1) is 0 Å². The zero-order chi connectivity index (χ0) is 12.3. The quantitative estimate of drug-likeness (QED) is 0.812. The molecule has 0 spiro atoms. The molecule has 2 nitrogen and oxygen atoms in total. The number of benzene rings is 1. The average molecular weight is 231 g/mol. The Kier molecular flexibility index (Phi) is 3.70. The van der Waals surface area contributed by atoms with E-state index in [0.29, 0.717) is 0 Å². The van der Waals surface area contributed by atoms with Crippen molar-refractivity contribution in [1.82, 2.24) is 0 Å². The first kappa shape index (κ1) is 12.7. The Morgan fingerprint density at radius 1 is 1.31 bits per heavy atom. The lowest BCUT2D eigenvalue weighted by Gasteiger charge is -2.14. The van der Waals surface area contributed by atoms with Crippen molar-refractivity contribution in [3.63, 3.8) is 0 Å². The average Bonchev–Trinajstić information content (AvgIpc) is 2.17. The van der Waals surface area contributed by atoms with Crippen molar-refractivity contribution in [2.24, 2.45) is 5.73 Å². The van der Waals surface area contributed by atoms with Crippen molar-refractivity contribution in [2.45, 2.75) is 25.6 Å². The molecule has 0 aromatic heterocycles. The Morgan fingerprint density at radius 3 is 2.25 bits per heavy atom. The smallest absolute Gasteiger partial charge is 0.320 e. The SMILES string of the molecule is Cc1ccc(C(=O)CC(N)C(F)(F)F)cc1. The van der Waals surface area contributed by atoms with Crippen LogP contribution in [0, 0.1) is 6.92 Å². The minimum Gasteiger partial charge on any atom is -0.320 e. The lowest BCUT2D eigenvalue weighted by atomic mass is 10.0. The van der Waals surface area contributed by atoms with E-state index in [-0.39, 0.29) is 5.56 Å². The Bertz CT molecular complexity index is 370. The highest BCUT2D eigenvalue weighted by Crippen LogP contribution is 2.22. The fourth-order valence-corrected chi connectivity index (χ4v) is 1.17. The second-order valence-corrected chi connectivity index (χ2v) is 3.64. The molecule has 2 N–H and O–H groups in total. The predicted octanol–water partition coefficient (Wildman–Crippen LogP) is 2.46.